The number of fused-ring (bicyclic) bond motifs is 1. The molecule has 1 amide bonds. The first kappa shape index (κ1) is 13.8. The second-order valence-electron chi connectivity index (χ2n) is 5.37. The quantitative estimate of drug-likeness (QED) is 0.614. The van der Waals surface area contributed by atoms with E-state index in [1.807, 2.05) is 0 Å². The van der Waals surface area contributed by atoms with E-state index in [0.29, 0.717) is 11.3 Å². The zero-order valence-corrected chi connectivity index (χ0v) is 11.5. The Hall–Kier alpha value is -2.21. The van der Waals surface area contributed by atoms with Gasteiger partial charge in [-0.05, 0) is 18.9 Å². The maximum atomic E-state index is 12.4. The number of aliphatic hydroxyl groups is 1. The second kappa shape index (κ2) is 4.66. The smallest absolute Gasteiger partial charge is 0.316 e. The van der Waals surface area contributed by atoms with Gasteiger partial charge in [0.15, 0.2) is 11.4 Å². The lowest BCUT2D eigenvalue weighted by atomic mass is 9.80. The zero-order chi connectivity index (χ0) is 15.2. The molecule has 1 aliphatic heterocycles. The minimum Gasteiger partial charge on any atom is -0.468 e. The Labute approximate surface area is 121 Å². The van der Waals surface area contributed by atoms with Crippen LogP contribution in [-0.4, -0.2) is 29.9 Å². The van der Waals surface area contributed by atoms with Gasteiger partial charge in [-0.1, -0.05) is 18.2 Å². The summed E-state index contributed by atoms with van der Waals surface area (Å²) < 4.78 is 4.60. The fraction of sp³-hybridized carbons (Fsp3) is 0.400. The van der Waals surface area contributed by atoms with Crippen LogP contribution in [-0.2, 0) is 24.7 Å². The topological polar surface area (TPSA) is 92.7 Å². The van der Waals surface area contributed by atoms with Gasteiger partial charge < -0.3 is 15.2 Å². The van der Waals surface area contributed by atoms with E-state index in [1.54, 1.807) is 24.3 Å². The predicted octanol–water partition coefficient (Wildman–Crippen LogP) is 0.595. The van der Waals surface area contributed by atoms with Gasteiger partial charge in [-0.3, -0.25) is 14.4 Å². The van der Waals surface area contributed by atoms with Crippen LogP contribution >= 0.6 is 0 Å². The summed E-state index contributed by atoms with van der Waals surface area (Å²) in [6, 6.07) is 6.72. The first-order chi connectivity index (χ1) is 10.00. The van der Waals surface area contributed by atoms with Crippen molar-refractivity contribution in [2.75, 3.05) is 12.4 Å². The Morgan fingerprint density at radius 3 is 2.76 bits per heavy atom. The average Bonchev–Trinajstić information content (AvgIpc) is 2.99. The Balaban J connectivity index is 1.99. The molecule has 0 radical (unpaired) electrons. The number of ether oxygens (including phenoxy) is 1. The monoisotopic (exact) mass is 289 g/mol. The SMILES string of the molecule is COC(=O)C1CCC(C2(O)C(=O)Nc3ccccc32)C1=O. The summed E-state index contributed by atoms with van der Waals surface area (Å²) in [5.41, 5.74) is -1.02. The highest BCUT2D eigenvalue weighted by molar-refractivity contribution is 6.11. The van der Waals surface area contributed by atoms with Crippen LogP contribution in [0.2, 0.25) is 0 Å². The number of rotatable bonds is 2. The molecule has 2 N–H and O–H groups in total. The van der Waals surface area contributed by atoms with Crippen LogP contribution in [0.5, 0.6) is 0 Å². The van der Waals surface area contributed by atoms with Crippen LogP contribution in [0.25, 0.3) is 0 Å². The van der Waals surface area contributed by atoms with Gasteiger partial charge in [-0.2, -0.15) is 0 Å². The summed E-state index contributed by atoms with van der Waals surface area (Å²) in [6.45, 7) is 0. The molecule has 3 unspecified atom stereocenters. The van der Waals surface area contributed by atoms with Crippen LogP contribution in [0.1, 0.15) is 18.4 Å². The van der Waals surface area contributed by atoms with Gasteiger partial charge in [0.1, 0.15) is 5.92 Å². The largest absolute Gasteiger partial charge is 0.468 e. The molecule has 1 saturated carbocycles. The standard InChI is InChI=1S/C15H15NO5/c1-21-13(18)8-6-7-10(12(8)17)15(20)9-4-2-3-5-11(9)16-14(15)19/h2-5,8,10,20H,6-7H2,1H3,(H,16,19). The van der Waals surface area contributed by atoms with Crippen molar-refractivity contribution in [3.63, 3.8) is 0 Å². The van der Waals surface area contributed by atoms with Crippen LogP contribution in [0.15, 0.2) is 24.3 Å². The van der Waals surface area contributed by atoms with Crippen molar-refractivity contribution < 1.29 is 24.2 Å². The minimum atomic E-state index is -1.91. The van der Waals surface area contributed by atoms with Crippen molar-refractivity contribution in [1.82, 2.24) is 0 Å². The lowest BCUT2D eigenvalue weighted by Gasteiger charge is -2.26. The molecule has 3 rings (SSSR count). The van der Waals surface area contributed by atoms with Crippen LogP contribution in [0.4, 0.5) is 5.69 Å². The number of carbonyl (C=O) groups is 3. The lowest BCUT2D eigenvalue weighted by Crippen LogP contribution is -2.44. The highest BCUT2D eigenvalue weighted by Gasteiger charge is 2.57. The number of carbonyl (C=O) groups excluding carboxylic acids is 3. The predicted molar refractivity (Wildman–Crippen MR) is 72.2 cm³/mol. The first-order valence-electron chi connectivity index (χ1n) is 6.75. The Morgan fingerprint density at radius 2 is 2.05 bits per heavy atom. The third-order valence-electron chi connectivity index (χ3n) is 4.35. The number of nitrogens with one attached hydrogen (secondary N) is 1. The average molecular weight is 289 g/mol. The maximum absolute atomic E-state index is 12.4. The van der Waals surface area contributed by atoms with E-state index in [0.717, 1.165) is 0 Å². The highest BCUT2D eigenvalue weighted by atomic mass is 16.5. The van der Waals surface area contributed by atoms with Gasteiger partial charge in [-0.25, -0.2) is 0 Å². The van der Waals surface area contributed by atoms with Crippen molar-refractivity contribution in [3.8, 4) is 0 Å². The van der Waals surface area contributed by atoms with Crippen LogP contribution in [0, 0.1) is 11.8 Å². The van der Waals surface area contributed by atoms with E-state index in [4.69, 9.17) is 0 Å². The van der Waals surface area contributed by atoms with Crippen LogP contribution < -0.4 is 5.32 Å². The third kappa shape index (κ3) is 1.79. The van der Waals surface area contributed by atoms with E-state index in [1.165, 1.54) is 7.11 Å². The minimum absolute atomic E-state index is 0.275. The number of benzene rings is 1. The normalized spacial score (nSPS) is 31.0. The molecule has 6 heteroatoms. The fourth-order valence-corrected chi connectivity index (χ4v) is 3.26. The Kier molecular flexibility index (Phi) is 3.06. The van der Waals surface area contributed by atoms with Crippen molar-refractivity contribution in [3.05, 3.63) is 29.8 Å². The van der Waals surface area contributed by atoms with Gasteiger partial charge in [0.25, 0.3) is 5.91 Å². The molecule has 0 bridgehead atoms. The van der Waals surface area contributed by atoms with E-state index in [9.17, 15) is 19.5 Å². The summed E-state index contributed by atoms with van der Waals surface area (Å²) >= 11 is 0. The van der Waals surface area contributed by atoms with E-state index in [-0.39, 0.29) is 12.8 Å². The number of ketones is 1. The molecule has 0 aromatic heterocycles. The number of hydrogen-bond donors (Lipinski definition) is 2. The third-order valence-corrected chi connectivity index (χ3v) is 4.35. The molecule has 0 spiro atoms. The molecule has 3 atom stereocenters. The lowest BCUT2D eigenvalue weighted by molar-refractivity contribution is -0.153. The van der Waals surface area contributed by atoms with E-state index >= 15 is 0 Å². The number of methoxy groups -OCH3 is 1. The van der Waals surface area contributed by atoms with Gasteiger partial charge in [0.05, 0.1) is 13.0 Å². The van der Waals surface area contributed by atoms with Gasteiger partial charge in [0, 0.05) is 11.3 Å². The van der Waals surface area contributed by atoms with E-state index < -0.39 is 35.1 Å². The number of Topliss-reactive ketones (excluding diaryl/α,β-unsaturated/α-hetero) is 1. The van der Waals surface area contributed by atoms with Crippen molar-refractivity contribution >= 4 is 23.3 Å². The molecular formula is C15H15NO5. The summed E-state index contributed by atoms with van der Waals surface area (Å²) in [5.74, 6) is -3.49. The first-order valence-corrected chi connectivity index (χ1v) is 6.75. The summed E-state index contributed by atoms with van der Waals surface area (Å²) in [4.78, 5) is 36.2. The fourth-order valence-electron chi connectivity index (χ4n) is 3.26. The Morgan fingerprint density at radius 1 is 1.33 bits per heavy atom. The van der Waals surface area contributed by atoms with E-state index in [2.05, 4.69) is 10.1 Å². The van der Waals surface area contributed by atoms with Crippen molar-refractivity contribution in [2.24, 2.45) is 11.8 Å². The van der Waals surface area contributed by atoms with Crippen molar-refractivity contribution in [1.29, 1.82) is 0 Å². The second-order valence-corrected chi connectivity index (χ2v) is 5.37. The summed E-state index contributed by atoms with van der Waals surface area (Å²) in [7, 11) is 1.22. The molecule has 1 aromatic rings. The highest BCUT2D eigenvalue weighted by Crippen LogP contribution is 2.47. The summed E-state index contributed by atoms with van der Waals surface area (Å²) in [5, 5.41) is 13.5. The molecule has 1 heterocycles. The van der Waals surface area contributed by atoms with Gasteiger partial charge >= 0.3 is 5.97 Å². The maximum Gasteiger partial charge on any atom is 0.316 e. The molecule has 1 aliphatic carbocycles. The van der Waals surface area contributed by atoms with Crippen molar-refractivity contribution in [2.45, 2.75) is 18.4 Å². The number of para-hydroxylation sites is 1. The van der Waals surface area contributed by atoms with Gasteiger partial charge in [-0.15, -0.1) is 0 Å². The Bertz CT molecular complexity index is 641. The molecule has 110 valence electrons. The molecule has 1 fully saturated rings. The molecule has 6 nitrogen and oxygen atoms in total. The zero-order valence-electron chi connectivity index (χ0n) is 11.5. The number of esters is 1. The molecule has 0 saturated heterocycles. The molecule has 21 heavy (non-hydrogen) atoms. The number of anilines is 1. The van der Waals surface area contributed by atoms with Gasteiger partial charge in [0.2, 0.25) is 0 Å². The molecule has 2 aliphatic rings. The number of hydrogen-bond acceptors (Lipinski definition) is 5. The molecule has 1 aromatic carbocycles. The number of amides is 1. The summed E-state index contributed by atoms with van der Waals surface area (Å²) in [6.07, 6.45) is 0.560. The van der Waals surface area contributed by atoms with Crippen LogP contribution in [0.3, 0.4) is 0 Å². The molecular weight excluding hydrogens is 274 g/mol.